The summed E-state index contributed by atoms with van der Waals surface area (Å²) in [5, 5.41) is 14.2. The van der Waals surface area contributed by atoms with Gasteiger partial charge in [-0.1, -0.05) is 6.42 Å². The normalized spacial score (nSPS) is 20.7. The molecule has 1 amide bonds. The van der Waals surface area contributed by atoms with Crippen LogP contribution in [0.25, 0.3) is 5.69 Å². The molecule has 0 aliphatic heterocycles. The minimum atomic E-state index is -0.268. The number of aromatic nitrogens is 2. The monoisotopic (exact) mass is 313 g/mol. The van der Waals surface area contributed by atoms with Crippen LogP contribution in [0, 0.1) is 12.8 Å². The van der Waals surface area contributed by atoms with Gasteiger partial charge in [-0.25, -0.2) is 4.68 Å². The second kappa shape index (κ2) is 6.54. The molecule has 1 aliphatic carbocycles. The van der Waals surface area contributed by atoms with E-state index in [2.05, 4.69) is 5.10 Å². The predicted molar refractivity (Wildman–Crippen MR) is 88.6 cm³/mol. The maximum atomic E-state index is 12.5. The first-order valence-electron chi connectivity index (χ1n) is 8.10. The molecule has 3 rings (SSSR count). The van der Waals surface area contributed by atoms with Gasteiger partial charge < -0.3 is 10.0 Å². The highest BCUT2D eigenvalue weighted by Crippen LogP contribution is 2.26. The standard InChI is InChI=1S/C18H23N3O2/c1-13-10-19-21(11-13)16-8-6-14(7-9-16)18(23)20(2)12-15-4-3-5-17(15)22/h6-11,15,17,22H,3-5,12H2,1-2H3. The van der Waals surface area contributed by atoms with E-state index >= 15 is 0 Å². The van der Waals surface area contributed by atoms with Gasteiger partial charge in [0.2, 0.25) is 0 Å². The first-order valence-corrected chi connectivity index (χ1v) is 8.10. The minimum Gasteiger partial charge on any atom is -0.393 e. The highest BCUT2D eigenvalue weighted by atomic mass is 16.3. The third kappa shape index (κ3) is 3.45. The molecule has 0 radical (unpaired) electrons. The topological polar surface area (TPSA) is 58.4 Å². The van der Waals surface area contributed by atoms with Gasteiger partial charge in [0.15, 0.2) is 0 Å². The molecule has 2 unspecified atom stereocenters. The molecule has 2 atom stereocenters. The summed E-state index contributed by atoms with van der Waals surface area (Å²) in [5.74, 6) is 0.197. The van der Waals surface area contributed by atoms with Crippen LogP contribution < -0.4 is 0 Å². The Balaban J connectivity index is 1.67. The van der Waals surface area contributed by atoms with E-state index in [-0.39, 0.29) is 17.9 Å². The van der Waals surface area contributed by atoms with Crippen LogP contribution in [-0.4, -0.2) is 45.4 Å². The maximum absolute atomic E-state index is 12.5. The molecule has 1 aromatic heterocycles. The molecule has 2 aromatic rings. The zero-order valence-corrected chi connectivity index (χ0v) is 13.6. The van der Waals surface area contributed by atoms with Crippen LogP contribution in [0.15, 0.2) is 36.7 Å². The van der Waals surface area contributed by atoms with E-state index in [9.17, 15) is 9.90 Å². The summed E-state index contributed by atoms with van der Waals surface area (Å²) in [6, 6.07) is 7.46. The van der Waals surface area contributed by atoms with Crippen molar-refractivity contribution >= 4 is 5.91 Å². The number of rotatable bonds is 4. The molecule has 0 bridgehead atoms. The van der Waals surface area contributed by atoms with Crippen molar-refractivity contribution in [3.8, 4) is 5.69 Å². The van der Waals surface area contributed by atoms with E-state index < -0.39 is 0 Å². The minimum absolute atomic E-state index is 0.00713. The summed E-state index contributed by atoms with van der Waals surface area (Å²) in [7, 11) is 1.80. The van der Waals surface area contributed by atoms with Crippen LogP contribution in [0.3, 0.4) is 0 Å². The van der Waals surface area contributed by atoms with Gasteiger partial charge in [-0.3, -0.25) is 4.79 Å². The highest BCUT2D eigenvalue weighted by Gasteiger charge is 2.27. The molecule has 1 fully saturated rings. The van der Waals surface area contributed by atoms with E-state index in [1.54, 1.807) is 22.8 Å². The van der Waals surface area contributed by atoms with Crippen molar-refractivity contribution in [1.29, 1.82) is 0 Å². The van der Waals surface area contributed by atoms with E-state index in [0.717, 1.165) is 30.5 Å². The molecule has 23 heavy (non-hydrogen) atoms. The smallest absolute Gasteiger partial charge is 0.253 e. The van der Waals surface area contributed by atoms with Gasteiger partial charge >= 0.3 is 0 Å². The van der Waals surface area contributed by atoms with Crippen molar-refractivity contribution in [2.45, 2.75) is 32.3 Å². The quantitative estimate of drug-likeness (QED) is 0.943. The summed E-state index contributed by atoms with van der Waals surface area (Å²) in [5.41, 5.74) is 2.69. The van der Waals surface area contributed by atoms with E-state index in [1.807, 2.05) is 37.4 Å². The number of aliphatic hydroxyl groups is 1. The average Bonchev–Trinajstić information content (AvgIpc) is 3.16. The van der Waals surface area contributed by atoms with Gasteiger partial charge in [0.25, 0.3) is 5.91 Å². The van der Waals surface area contributed by atoms with E-state index in [4.69, 9.17) is 0 Å². The Morgan fingerprint density at radius 3 is 2.65 bits per heavy atom. The fourth-order valence-corrected chi connectivity index (χ4v) is 3.20. The average molecular weight is 313 g/mol. The molecule has 1 N–H and O–H groups in total. The van der Waals surface area contributed by atoms with Crippen LogP contribution in [-0.2, 0) is 0 Å². The zero-order chi connectivity index (χ0) is 16.4. The number of hydrogen-bond acceptors (Lipinski definition) is 3. The van der Waals surface area contributed by atoms with Crippen molar-refractivity contribution < 1.29 is 9.90 Å². The van der Waals surface area contributed by atoms with Crippen molar-refractivity contribution in [2.24, 2.45) is 5.92 Å². The maximum Gasteiger partial charge on any atom is 0.253 e. The molecule has 0 saturated heterocycles. The Labute approximate surface area is 136 Å². The van der Waals surface area contributed by atoms with E-state index in [0.29, 0.717) is 12.1 Å². The van der Waals surface area contributed by atoms with Gasteiger partial charge in [-0.2, -0.15) is 5.10 Å². The Morgan fingerprint density at radius 1 is 1.35 bits per heavy atom. The summed E-state index contributed by atoms with van der Waals surface area (Å²) in [6.07, 6.45) is 6.38. The lowest BCUT2D eigenvalue weighted by atomic mass is 10.1. The summed E-state index contributed by atoms with van der Waals surface area (Å²) in [6.45, 7) is 2.61. The van der Waals surface area contributed by atoms with Crippen LogP contribution in [0.5, 0.6) is 0 Å². The SMILES string of the molecule is Cc1cnn(-c2ccc(C(=O)N(C)CC3CCCC3O)cc2)c1. The fourth-order valence-electron chi connectivity index (χ4n) is 3.20. The van der Waals surface area contributed by atoms with Gasteiger partial charge in [0.05, 0.1) is 18.0 Å². The molecule has 1 aromatic carbocycles. The van der Waals surface area contributed by atoms with Gasteiger partial charge in [-0.15, -0.1) is 0 Å². The van der Waals surface area contributed by atoms with Crippen LogP contribution in [0.1, 0.15) is 35.2 Å². The third-order valence-corrected chi connectivity index (χ3v) is 4.56. The van der Waals surface area contributed by atoms with Crippen LogP contribution in [0.4, 0.5) is 0 Å². The highest BCUT2D eigenvalue weighted by molar-refractivity contribution is 5.94. The Bertz CT molecular complexity index is 678. The number of carbonyl (C=O) groups excluding carboxylic acids is 1. The van der Waals surface area contributed by atoms with Crippen molar-refractivity contribution in [3.63, 3.8) is 0 Å². The zero-order valence-electron chi connectivity index (χ0n) is 13.6. The Hall–Kier alpha value is -2.14. The van der Waals surface area contributed by atoms with Crippen molar-refractivity contribution in [1.82, 2.24) is 14.7 Å². The Morgan fingerprint density at radius 2 is 2.09 bits per heavy atom. The lowest BCUT2D eigenvalue weighted by Crippen LogP contribution is -2.34. The lowest BCUT2D eigenvalue weighted by molar-refractivity contribution is 0.0693. The first-order chi connectivity index (χ1) is 11.0. The molecule has 5 nitrogen and oxygen atoms in total. The van der Waals surface area contributed by atoms with Crippen LogP contribution >= 0.6 is 0 Å². The van der Waals surface area contributed by atoms with Gasteiger partial charge in [-0.05, 0) is 49.6 Å². The largest absolute Gasteiger partial charge is 0.393 e. The molecule has 1 saturated carbocycles. The summed E-state index contributed by atoms with van der Waals surface area (Å²) >= 11 is 0. The number of hydrogen-bond donors (Lipinski definition) is 1. The van der Waals surface area contributed by atoms with Crippen LogP contribution in [0.2, 0.25) is 0 Å². The van der Waals surface area contributed by atoms with Crippen molar-refractivity contribution in [2.75, 3.05) is 13.6 Å². The molecule has 122 valence electrons. The fraction of sp³-hybridized carbons (Fsp3) is 0.444. The molecule has 1 aliphatic rings. The van der Waals surface area contributed by atoms with E-state index in [1.165, 1.54) is 0 Å². The number of amides is 1. The predicted octanol–water partition coefficient (Wildman–Crippen LogP) is 2.41. The van der Waals surface area contributed by atoms with Crippen molar-refractivity contribution in [3.05, 3.63) is 47.8 Å². The van der Waals surface area contributed by atoms with Gasteiger partial charge in [0, 0.05) is 31.3 Å². The summed E-state index contributed by atoms with van der Waals surface area (Å²) in [4.78, 5) is 14.2. The molecule has 5 heteroatoms. The first kappa shape index (κ1) is 15.7. The number of benzene rings is 1. The Kier molecular flexibility index (Phi) is 4.48. The molecular weight excluding hydrogens is 290 g/mol. The number of carbonyl (C=O) groups is 1. The number of aryl methyl sites for hydroxylation is 1. The number of aliphatic hydroxyl groups excluding tert-OH is 1. The summed E-state index contributed by atoms with van der Waals surface area (Å²) < 4.78 is 1.79. The number of nitrogens with zero attached hydrogens (tertiary/aromatic N) is 3. The lowest BCUT2D eigenvalue weighted by Gasteiger charge is -2.23. The van der Waals surface area contributed by atoms with Gasteiger partial charge in [0.1, 0.15) is 0 Å². The molecular formula is C18H23N3O2. The molecule has 1 heterocycles. The second-order valence-electron chi connectivity index (χ2n) is 6.45. The third-order valence-electron chi connectivity index (χ3n) is 4.56. The molecule has 0 spiro atoms. The second-order valence-corrected chi connectivity index (χ2v) is 6.45.